The van der Waals surface area contributed by atoms with E-state index in [1.165, 1.54) is 11.8 Å². The third-order valence-electron chi connectivity index (χ3n) is 3.76. The van der Waals surface area contributed by atoms with Crippen LogP contribution in [-0.4, -0.2) is 59.0 Å². The van der Waals surface area contributed by atoms with Gasteiger partial charge in [-0.15, -0.1) is 0 Å². The third-order valence-corrected chi connectivity index (χ3v) is 3.76. The maximum Gasteiger partial charge on any atom is 0.336 e. The van der Waals surface area contributed by atoms with Crippen LogP contribution in [0.2, 0.25) is 0 Å². The fraction of sp³-hybridized carbons (Fsp3) is 0.467. The average Bonchev–Trinajstić information content (AvgIpc) is 2.51. The molecule has 1 aliphatic heterocycles. The number of aliphatic hydroxyl groups is 1. The number of hydrogen-bond donors (Lipinski definition) is 2. The van der Waals surface area contributed by atoms with Crippen molar-refractivity contribution in [1.82, 2.24) is 4.90 Å². The second-order valence-electron chi connectivity index (χ2n) is 5.27. The molecule has 2 rings (SSSR count). The lowest BCUT2D eigenvalue weighted by atomic mass is 9.95. The lowest BCUT2D eigenvalue weighted by molar-refractivity contribution is -0.196. The summed E-state index contributed by atoms with van der Waals surface area (Å²) in [4.78, 5) is 24.9. The summed E-state index contributed by atoms with van der Waals surface area (Å²) >= 11 is 0. The van der Waals surface area contributed by atoms with Crippen molar-refractivity contribution in [1.29, 1.82) is 0 Å². The summed E-state index contributed by atoms with van der Waals surface area (Å²) in [5, 5.41) is 18.7. The highest BCUT2D eigenvalue weighted by molar-refractivity contribution is 5.92. The molecule has 2 N–H and O–H groups in total. The van der Waals surface area contributed by atoms with Crippen LogP contribution in [0.15, 0.2) is 24.3 Å². The molecule has 2 atom stereocenters. The number of aliphatic carboxylic acids is 1. The predicted octanol–water partition coefficient (Wildman–Crippen LogP) is 0.258. The van der Waals surface area contributed by atoms with Gasteiger partial charge in [-0.05, 0) is 24.6 Å². The van der Waals surface area contributed by atoms with Gasteiger partial charge >= 0.3 is 5.97 Å². The van der Waals surface area contributed by atoms with Crippen molar-refractivity contribution in [3.05, 3.63) is 29.8 Å². The number of rotatable bonds is 5. The Balaban J connectivity index is 2.14. The van der Waals surface area contributed by atoms with Crippen LogP contribution >= 0.6 is 0 Å². The van der Waals surface area contributed by atoms with Gasteiger partial charge in [-0.25, -0.2) is 4.79 Å². The molecule has 1 aliphatic rings. The number of benzene rings is 1. The average molecular weight is 309 g/mol. The summed E-state index contributed by atoms with van der Waals surface area (Å²) in [6.07, 6.45) is -1.90. The number of morpholine rings is 1. The van der Waals surface area contributed by atoms with Gasteiger partial charge in [0.15, 0.2) is 11.7 Å². The SMILES string of the molecule is COc1ccc(CN2CCOC(C)(C(O)C(=O)O)C2=O)cc1. The number of carboxylic acids is 1. The van der Waals surface area contributed by atoms with Crippen LogP contribution in [0.5, 0.6) is 5.75 Å². The number of methoxy groups -OCH3 is 1. The molecule has 7 nitrogen and oxygen atoms in total. The van der Waals surface area contributed by atoms with Crippen LogP contribution in [-0.2, 0) is 20.9 Å². The molecule has 2 unspecified atom stereocenters. The molecule has 0 radical (unpaired) electrons. The van der Waals surface area contributed by atoms with Gasteiger partial charge in [0.1, 0.15) is 5.75 Å². The second kappa shape index (κ2) is 6.33. The van der Waals surface area contributed by atoms with Gasteiger partial charge in [-0.3, -0.25) is 4.79 Å². The lowest BCUT2D eigenvalue weighted by Crippen LogP contribution is -2.62. The van der Waals surface area contributed by atoms with Crippen molar-refractivity contribution in [2.45, 2.75) is 25.2 Å². The maximum absolute atomic E-state index is 12.5. The molecule has 1 saturated heterocycles. The van der Waals surface area contributed by atoms with Crippen molar-refractivity contribution < 1.29 is 29.3 Å². The molecule has 0 aliphatic carbocycles. The largest absolute Gasteiger partial charge is 0.497 e. The minimum absolute atomic E-state index is 0.169. The molecule has 0 spiro atoms. The second-order valence-corrected chi connectivity index (χ2v) is 5.27. The van der Waals surface area contributed by atoms with Crippen LogP contribution in [0.3, 0.4) is 0 Å². The van der Waals surface area contributed by atoms with Gasteiger partial charge in [-0.1, -0.05) is 12.1 Å². The van der Waals surface area contributed by atoms with Gasteiger partial charge in [0.2, 0.25) is 0 Å². The minimum Gasteiger partial charge on any atom is -0.497 e. The molecule has 7 heteroatoms. The first-order chi connectivity index (χ1) is 10.4. The summed E-state index contributed by atoms with van der Waals surface area (Å²) in [5.41, 5.74) is -0.889. The number of hydrogen-bond acceptors (Lipinski definition) is 5. The van der Waals surface area contributed by atoms with Crippen LogP contribution in [0, 0.1) is 0 Å². The number of aliphatic hydroxyl groups excluding tert-OH is 1. The first-order valence-corrected chi connectivity index (χ1v) is 6.85. The topological polar surface area (TPSA) is 96.3 Å². The number of carboxylic acid groups (broad SMARTS) is 1. The van der Waals surface area contributed by atoms with E-state index >= 15 is 0 Å². The lowest BCUT2D eigenvalue weighted by Gasteiger charge is -2.40. The fourth-order valence-corrected chi connectivity index (χ4v) is 2.38. The van der Waals surface area contributed by atoms with Gasteiger partial charge < -0.3 is 24.6 Å². The molecule has 1 fully saturated rings. The van der Waals surface area contributed by atoms with Crippen molar-refractivity contribution in [3.8, 4) is 5.75 Å². The van der Waals surface area contributed by atoms with E-state index in [4.69, 9.17) is 14.6 Å². The zero-order valence-corrected chi connectivity index (χ0v) is 12.5. The molecule has 1 amide bonds. The summed E-state index contributed by atoms with van der Waals surface area (Å²) in [7, 11) is 1.57. The molecule has 1 heterocycles. The van der Waals surface area contributed by atoms with E-state index < -0.39 is 23.6 Å². The van der Waals surface area contributed by atoms with Crippen LogP contribution in [0.1, 0.15) is 12.5 Å². The Labute approximate surface area is 128 Å². The van der Waals surface area contributed by atoms with Crippen LogP contribution in [0.4, 0.5) is 0 Å². The predicted molar refractivity (Wildman–Crippen MR) is 76.4 cm³/mol. The van der Waals surface area contributed by atoms with E-state index in [0.717, 1.165) is 5.56 Å². The van der Waals surface area contributed by atoms with Gasteiger partial charge in [0, 0.05) is 13.1 Å². The highest BCUT2D eigenvalue weighted by Crippen LogP contribution is 2.25. The normalized spacial score (nSPS) is 23.2. The minimum atomic E-state index is -1.90. The highest BCUT2D eigenvalue weighted by atomic mass is 16.5. The van der Waals surface area contributed by atoms with Crippen molar-refractivity contribution >= 4 is 11.9 Å². The zero-order valence-electron chi connectivity index (χ0n) is 12.5. The summed E-state index contributed by atoms with van der Waals surface area (Å²) in [6.45, 7) is 2.12. The van der Waals surface area contributed by atoms with E-state index in [1.54, 1.807) is 19.2 Å². The smallest absolute Gasteiger partial charge is 0.336 e. The Bertz CT molecular complexity index is 558. The first kappa shape index (κ1) is 16.3. The number of carbonyl (C=O) groups excluding carboxylic acids is 1. The van der Waals surface area contributed by atoms with E-state index in [0.29, 0.717) is 18.8 Å². The fourth-order valence-electron chi connectivity index (χ4n) is 2.38. The van der Waals surface area contributed by atoms with E-state index in [1.807, 2.05) is 12.1 Å². The highest BCUT2D eigenvalue weighted by Gasteiger charge is 2.50. The van der Waals surface area contributed by atoms with E-state index in [2.05, 4.69) is 0 Å². The Hall–Kier alpha value is -2.12. The van der Waals surface area contributed by atoms with Crippen molar-refractivity contribution in [2.24, 2.45) is 0 Å². The number of amides is 1. The Morgan fingerprint density at radius 3 is 2.64 bits per heavy atom. The van der Waals surface area contributed by atoms with Gasteiger partial charge in [0.05, 0.1) is 13.7 Å². The van der Waals surface area contributed by atoms with Crippen molar-refractivity contribution in [3.63, 3.8) is 0 Å². The summed E-state index contributed by atoms with van der Waals surface area (Å²) in [6, 6.07) is 7.22. The van der Waals surface area contributed by atoms with E-state index in [-0.39, 0.29) is 6.61 Å². The van der Waals surface area contributed by atoms with Gasteiger partial charge in [0.25, 0.3) is 5.91 Å². The number of nitrogens with zero attached hydrogens (tertiary/aromatic N) is 1. The third kappa shape index (κ3) is 3.05. The Kier molecular flexibility index (Phi) is 4.68. The van der Waals surface area contributed by atoms with Crippen LogP contribution < -0.4 is 4.74 Å². The van der Waals surface area contributed by atoms with Gasteiger partial charge in [-0.2, -0.15) is 0 Å². The van der Waals surface area contributed by atoms with Crippen molar-refractivity contribution in [2.75, 3.05) is 20.3 Å². The molecule has 1 aromatic carbocycles. The zero-order chi connectivity index (χ0) is 16.3. The molecule has 120 valence electrons. The quantitative estimate of drug-likeness (QED) is 0.810. The molecule has 22 heavy (non-hydrogen) atoms. The molecule has 1 aromatic rings. The standard InChI is InChI=1S/C15H19NO6/c1-15(12(17)13(18)19)14(20)16(7-8-22-15)9-10-3-5-11(21-2)6-4-10/h3-6,12,17H,7-9H2,1-2H3,(H,18,19). The number of carbonyl (C=O) groups is 2. The first-order valence-electron chi connectivity index (χ1n) is 6.85. The molecule has 0 aromatic heterocycles. The maximum atomic E-state index is 12.5. The van der Waals surface area contributed by atoms with Crippen LogP contribution in [0.25, 0.3) is 0 Å². The molecular formula is C15H19NO6. The molecular weight excluding hydrogens is 290 g/mol. The monoisotopic (exact) mass is 309 g/mol. The number of ether oxygens (including phenoxy) is 2. The molecule has 0 bridgehead atoms. The summed E-state index contributed by atoms with van der Waals surface area (Å²) in [5.74, 6) is -1.31. The Morgan fingerprint density at radius 2 is 2.09 bits per heavy atom. The molecule has 0 saturated carbocycles. The van der Waals surface area contributed by atoms with E-state index in [9.17, 15) is 14.7 Å². The summed E-state index contributed by atoms with van der Waals surface area (Å²) < 4.78 is 10.3. The Morgan fingerprint density at radius 1 is 1.45 bits per heavy atom.